The van der Waals surface area contributed by atoms with Crippen molar-refractivity contribution in [3.8, 4) is 17.2 Å². The average molecular weight is 316 g/mol. The van der Waals surface area contributed by atoms with Crippen molar-refractivity contribution in [3.05, 3.63) is 53.6 Å². The van der Waals surface area contributed by atoms with E-state index in [9.17, 15) is 15.0 Å². The molecule has 2 aromatic carbocycles. The van der Waals surface area contributed by atoms with Crippen LogP contribution in [0.2, 0.25) is 0 Å². The monoisotopic (exact) mass is 316 g/mol. The number of aliphatic carboxylic acids is 1. The standard InChI is InChI=1S/C14H12O3.C4H8O2/c15-12-5-3-10(4-6-12)1-2-11-7-13(16)9-14(17)8-11;1-2-3-4(5)6/h1-9,15-17H;2-3H2,1H3,(H,5,6)/b2-1+;. The molecule has 0 heterocycles. The van der Waals surface area contributed by atoms with E-state index in [0.717, 1.165) is 12.0 Å². The zero-order valence-electron chi connectivity index (χ0n) is 12.8. The molecule has 0 fully saturated rings. The SMILES string of the molecule is CCCC(=O)O.Oc1ccc(/C=C/c2cc(O)cc(O)c2)cc1. The fourth-order valence-electron chi connectivity index (χ4n) is 1.71. The smallest absolute Gasteiger partial charge is 0.303 e. The minimum Gasteiger partial charge on any atom is -0.508 e. The van der Waals surface area contributed by atoms with Gasteiger partial charge >= 0.3 is 5.97 Å². The Morgan fingerprint density at radius 3 is 1.83 bits per heavy atom. The summed E-state index contributed by atoms with van der Waals surface area (Å²) in [6, 6.07) is 11.1. The molecule has 5 heteroatoms. The van der Waals surface area contributed by atoms with Crippen molar-refractivity contribution >= 4 is 18.1 Å². The molecule has 4 N–H and O–H groups in total. The zero-order valence-corrected chi connectivity index (χ0v) is 12.8. The molecule has 5 nitrogen and oxygen atoms in total. The van der Waals surface area contributed by atoms with Gasteiger partial charge in [0.15, 0.2) is 0 Å². The molecule has 0 saturated heterocycles. The lowest BCUT2D eigenvalue weighted by Gasteiger charge is -1.98. The Balaban J connectivity index is 0.000000379. The van der Waals surface area contributed by atoms with E-state index in [1.165, 1.54) is 6.07 Å². The van der Waals surface area contributed by atoms with E-state index >= 15 is 0 Å². The van der Waals surface area contributed by atoms with Crippen molar-refractivity contribution in [1.29, 1.82) is 0 Å². The van der Waals surface area contributed by atoms with Gasteiger partial charge in [-0.2, -0.15) is 0 Å². The molecule has 0 aliphatic carbocycles. The molecule has 0 radical (unpaired) electrons. The summed E-state index contributed by atoms with van der Waals surface area (Å²) >= 11 is 0. The summed E-state index contributed by atoms with van der Waals surface area (Å²) in [5.74, 6) is -0.444. The van der Waals surface area contributed by atoms with Gasteiger partial charge in [0, 0.05) is 12.5 Å². The first-order chi connectivity index (χ1) is 10.9. The Morgan fingerprint density at radius 1 is 0.870 bits per heavy atom. The highest BCUT2D eigenvalue weighted by molar-refractivity contribution is 5.71. The summed E-state index contributed by atoms with van der Waals surface area (Å²) in [7, 11) is 0. The summed E-state index contributed by atoms with van der Waals surface area (Å²) in [5.41, 5.74) is 1.63. The van der Waals surface area contributed by atoms with Crippen LogP contribution in [0.4, 0.5) is 0 Å². The quantitative estimate of drug-likeness (QED) is 0.642. The van der Waals surface area contributed by atoms with Gasteiger partial charge in [-0.05, 0) is 41.8 Å². The summed E-state index contributed by atoms with van der Waals surface area (Å²) in [6.07, 6.45) is 4.62. The van der Waals surface area contributed by atoms with Crippen LogP contribution in [0.25, 0.3) is 12.2 Å². The van der Waals surface area contributed by atoms with Crippen molar-refractivity contribution in [2.24, 2.45) is 0 Å². The molecular weight excluding hydrogens is 296 g/mol. The summed E-state index contributed by atoms with van der Waals surface area (Å²) in [4.78, 5) is 9.60. The van der Waals surface area contributed by atoms with E-state index in [-0.39, 0.29) is 17.2 Å². The van der Waals surface area contributed by atoms with Gasteiger partial charge in [-0.15, -0.1) is 0 Å². The Labute approximate surface area is 134 Å². The first kappa shape index (κ1) is 18.1. The van der Waals surface area contributed by atoms with E-state index < -0.39 is 5.97 Å². The number of carbonyl (C=O) groups is 1. The number of carboxylic acids is 1. The summed E-state index contributed by atoms with van der Waals surface area (Å²) < 4.78 is 0. The minimum absolute atomic E-state index is 0.0235. The van der Waals surface area contributed by atoms with Gasteiger partial charge in [0.2, 0.25) is 0 Å². The van der Waals surface area contributed by atoms with Crippen LogP contribution in [0.1, 0.15) is 30.9 Å². The lowest BCUT2D eigenvalue weighted by molar-refractivity contribution is -0.137. The van der Waals surface area contributed by atoms with Crippen molar-refractivity contribution in [2.45, 2.75) is 19.8 Å². The maximum absolute atomic E-state index is 9.60. The van der Waals surface area contributed by atoms with Crippen LogP contribution in [0.15, 0.2) is 42.5 Å². The van der Waals surface area contributed by atoms with E-state index in [1.54, 1.807) is 42.5 Å². The van der Waals surface area contributed by atoms with Gasteiger partial charge in [-0.25, -0.2) is 0 Å². The van der Waals surface area contributed by atoms with Crippen molar-refractivity contribution < 1.29 is 25.2 Å². The third-order valence-corrected chi connectivity index (χ3v) is 2.75. The maximum Gasteiger partial charge on any atom is 0.303 e. The second-order valence-corrected chi connectivity index (χ2v) is 4.85. The molecule has 2 rings (SSSR count). The number of phenols is 3. The molecule has 0 saturated carbocycles. The zero-order chi connectivity index (χ0) is 17.2. The number of hydrogen-bond acceptors (Lipinski definition) is 4. The predicted octanol–water partition coefficient (Wildman–Crippen LogP) is 3.84. The van der Waals surface area contributed by atoms with Gasteiger partial charge in [0.05, 0.1) is 0 Å². The van der Waals surface area contributed by atoms with Crippen LogP contribution < -0.4 is 0 Å². The van der Waals surface area contributed by atoms with Gasteiger partial charge < -0.3 is 20.4 Å². The molecule has 0 aliphatic rings. The largest absolute Gasteiger partial charge is 0.508 e. The highest BCUT2D eigenvalue weighted by Gasteiger charge is 1.96. The molecule has 0 atom stereocenters. The van der Waals surface area contributed by atoms with Crippen LogP contribution in [0.5, 0.6) is 17.2 Å². The highest BCUT2D eigenvalue weighted by atomic mass is 16.4. The molecular formula is C18H20O5. The van der Waals surface area contributed by atoms with Crippen LogP contribution in [-0.2, 0) is 4.79 Å². The number of carboxylic acid groups (broad SMARTS) is 1. The van der Waals surface area contributed by atoms with Crippen LogP contribution >= 0.6 is 0 Å². The first-order valence-corrected chi connectivity index (χ1v) is 7.12. The second kappa shape index (κ2) is 9.15. The maximum atomic E-state index is 9.60. The number of phenolic OH excluding ortho intramolecular Hbond substituents is 3. The van der Waals surface area contributed by atoms with Gasteiger partial charge in [-0.1, -0.05) is 31.2 Å². The predicted molar refractivity (Wildman–Crippen MR) is 89.4 cm³/mol. The molecule has 0 aliphatic heterocycles. The third-order valence-electron chi connectivity index (χ3n) is 2.75. The van der Waals surface area contributed by atoms with Crippen LogP contribution in [0.3, 0.4) is 0 Å². The molecule has 0 aromatic heterocycles. The van der Waals surface area contributed by atoms with Crippen LogP contribution in [0, 0.1) is 0 Å². The number of hydrogen-bond donors (Lipinski definition) is 4. The highest BCUT2D eigenvalue weighted by Crippen LogP contribution is 2.22. The van der Waals surface area contributed by atoms with E-state index in [2.05, 4.69) is 0 Å². The molecule has 23 heavy (non-hydrogen) atoms. The van der Waals surface area contributed by atoms with Crippen LogP contribution in [-0.4, -0.2) is 26.4 Å². The van der Waals surface area contributed by atoms with Gasteiger partial charge in [0.25, 0.3) is 0 Å². The van der Waals surface area contributed by atoms with E-state index in [0.29, 0.717) is 12.0 Å². The van der Waals surface area contributed by atoms with Crippen molar-refractivity contribution in [1.82, 2.24) is 0 Å². The average Bonchev–Trinajstić information content (AvgIpc) is 2.46. The molecule has 0 unspecified atom stereocenters. The van der Waals surface area contributed by atoms with Gasteiger partial charge in [0.1, 0.15) is 17.2 Å². The number of benzene rings is 2. The number of rotatable bonds is 4. The Kier molecular flexibility index (Phi) is 7.20. The fourth-order valence-corrected chi connectivity index (χ4v) is 1.71. The lowest BCUT2D eigenvalue weighted by Crippen LogP contribution is -1.90. The summed E-state index contributed by atoms with van der Waals surface area (Å²) in [5, 5.41) is 35.6. The third kappa shape index (κ3) is 7.57. The van der Waals surface area contributed by atoms with Crippen molar-refractivity contribution in [3.63, 3.8) is 0 Å². The minimum atomic E-state index is -0.711. The molecule has 0 bridgehead atoms. The molecule has 122 valence electrons. The normalized spacial score (nSPS) is 10.1. The fraction of sp³-hybridized carbons (Fsp3) is 0.167. The Bertz CT molecular complexity index is 639. The van der Waals surface area contributed by atoms with Gasteiger partial charge in [-0.3, -0.25) is 4.79 Å². The number of aromatic hydroxyl groups is 3. The van der Waals surface area contributed by atoms with E-state index in [4.69, 9.17) is 10.2 Å². The second-order valence-electron chi connectivity index (χ2n) is 4.85. The molecule has 2 aromatic rings. The topological polar surface area (TPSA) is 98.0 Å². The Morgan fingerprint density at radius 2 is 1.39 bits per heavy atom. The summed E-state index contributed by atoms with van der Waals surface area (Å²) in [6.45, 7) is 1.84. The van der Waals surface area contributed by atoms with E-state index in [1.807, 2.05) is 13.0 Å². The Hall–Kier alpha value is -2.95. The lowest BCUT2D eigenvalue weighted by atomic mass is 10.1. The molecule has 0 spiro atoms. The molecule has 0 amide bonds. The first-order valence-electron chi connectivity index (χ1n) is 7.12. The van der Waals surface area contributed by atoms with Crippen molar-refractivity contribution in [2.75, 3.05) is 0 Å².